The van der Waals surface area contributed by atoms with Crippen LogP contribution in [0.2, 0.25) is 0 Å². The molecule has 1 unspecified atom stereocenters. The molecule has 1 atom stereocenters. The second-order valence-electron chi connectivity index (χ2n) is 5.59. The molecule has 1 aliphatic carbocycles. The summed E-state index contributed by atoms with van der Waals surface area (Å²) in [5.41, 5.74) is 5.84. The Balaban J connectivity index is 1.61. The number of nitrogens with two attached hydrogens (primary N) is 1. The first-order chi connectivity index (χ1) is 8.63. The van der Waals surface area contributed by atoms with Crippen LogP contribution in [0.5, 0.6) is 0 Å². The van der Waals surface area contributed by atoms with Crippen molar-refractivity contribution in [1.82, 2.24) is 10.6 Å². The molecule has 1 saturated heterocycles. The Labute approximate surface area is 108 Å². The van der Waals surface area contributed by atoms with E-state index < -0.39 is 0 Å². The number of hydrogen-bond donors (Lipinski definition) is 3. The smallest absolute Gasteiger partial charge is 0.220 e. The highest BCUT2D eigenvalue weighted by molar-refractivity contribution is 5.79. The van der Waals surface area contributed by atoms with Crippen LogP contribution in [0.15, 0.2) is 0 Å². The lowest BCUT2D eigenvalue weighted by atomic mass is 9.84. The number of rotatable bonds is 4. The van der Waals surface area contributed by atoms with Gasteiger partial charge in [0.2, 0.25) is 11.8 Å². The van der Waals surface area contributed by atoms with Crippen molar-refractivity contribution in [3.63, 3.8) is 0 Å². The molecule has 0 aromatic heterocycles. The van der Waals surface area contributed by atoms with Crippen molar-refractivity contribution in [3.05, 3.63) is 0 Å². The van der Waals surface area contributed by atoms with Gasteiger partial charge in [-0.05, 0) is 38.0 Å². The average Bonchev–Trinajstić information content (AvgIpc) is 2.76. The van der Waals surface area contributed by atoms with E-state index in [1.807, 2.05) is 0 Å². The van der Waals surface area contributed by atoms with Crippen molar-refractivity contribution in [2.75, 3.05) is 6.54 Å². The minimum Gasteiger partial charge on any atom is -0.354 e. The lowest BCUT2D eigenvalue weighted by Gasteiger charge is -2.25. The maximum atomic E-state index is 11.8. The van der Waals surface area contributed by atoms with Crippen LogP contribution < -0.4 is 16.4 Å². The van der Waals surface area contributed by atoms with E-state index in [9.17, 15) is 9.59 Å². The lowest BCUT2D eigenvalue weighted by Crippen LogP contribution is -2.39. The van der Waals surface area contributed by atoms with Gasteiger partial charge in [-0.15, -0.1) is 0 Å². The molecule has 102 valence electrons. The van der Waals surface area contributed by atoms with E-state index in [4.69, 9.17) is 5.73 Å². The van der Waals surface area contributed by atoms with E-state index in [0.29, 0.717) is 31.3 Å². The van der Waals surface area contributed by atoms with Crippen molar-refractivity contribution < 1.29 is 9.59 Å². The van der Waals surface area contributed by atoms with Crippen LogP contribution in [0.1, 0.15) is 44.9 Å². The maximum absolute atomic E-state index is 11.8. The van der Waals surface area contributed by atoms with Crippen LogP contribution in [-0.4, -0.2) is 30.4 Å². The third kappa shape index (κ3) is 3.98. The molecule has 2 amide bonds. The average molecular weight is 253 g/mol. The third-order valence-electron chi connectivity index (χ3n) is 4.00. The monoisotopic (exact) mass is 253 g/mol. The van der Waals surface area contributed by atoms with Crippen LogP contribution in [0.3, 0.4) is 0 Å². The van der Waals surface area contributed by atoms with E-state index in [2.05, 4.69) is 10.6 Å². The van der Waals surface area contributed by atoms with E-state index in [1.54, 1.807) is 0 Å². The first-order valence-corrected chi connectivity index (χ1v) is 6.95. The summed E-state index contributed by atoms with van der Waals surface area (Å²) < 4.78 is 0. The summed E-state index contributed by atoms with van der Waals surface area (Å²) in [7, 11) is 0. The molecule has 0 radical (unpaired) electrons. The molecule has 4 N–H and O–H groups in total. The molecule has 0 bridgehead atoms. The molecule has 2 rings (SSSR count). The van der Waals surface area contributed by atoms with Gasteiger partial charge in [0.15, 0.2) is 0 Å². The Kier molecular flexibility index (Phi) is 4.58. The van der Waals surface area contributed by atoms with Gasteiger partial charge >= 0.3 is 0 Å². The van der Waals surface area contributed by atoms with Gasteiger partial charge in [0, 0.05) is 31.5 Å². The second-order valence-corrected chi connectivity index (χ2v) is 5.59. The standard InChI is InChI=1S/C13H23N3O2/c14-10-3-1-9(2-4-10)7-13(18)15-8-11-5-6-12(17)16-11/h9-11H,1-8,14H2,(H,15,18)(H,16,17). The van der Waals surface area contributed by atoms with Gasteiger partial charge in [0.1, 0.15) is 0 Å². The number of nitrogens with one attached hydrogen (secondary N) is 2. The Bertz CT molecular complexity index is 311. The summed E-state index contributed by atoms with van der Waals surface area (Å²) in [5, 5.41) is 5.77. The van der Waals surface area contributed by atoms with Crippen molar-refractivity contribution in [2.24, 2.45) is 11.7 Å². The fraction of sp³-hybridized carbons (Fsp3) is 0.846. The molecular formula is C13H23N3O2. The summed E-state index contributed by atoms with van der Waals surface area (Å²) in [5.74, 6) is 0.690. The molecule has 2 fully saturated rings. The van der Waals surface area contributed by atoms with Gasteiger partial charge in [0.05, 0.1) is 0 Å². The number of hydrogen-bond acceptors (Lipinski definition) is 3. The van der Waals surface area contributed by atoms with Gasteiger partial charge in [-0.2, -0.15) is 0 Å². The number of carbonyl (C=O) groups is 2. The number of amides is 2. The molecule has 5 heteroatoms. The molecule has 0 spiro atoms. The van der Waals surface area contributed by atoms with Crippen molar-refractivity contribution in [1.29, 1.82) is 0 Å². The van der Waals surface area contributed by atoms with Gasteiger partial charge in [0.25, 0.3) is 0 Å². The lowest BCUT2D eigenvalue weighted by molar-refractivity contribution is -0.123. The van der Waals surface area contributed by atoms with Crippen LogP contribution in [0, 0.1) is 5.92 Å². The van der Waals surface area contributed by atoms with Crippen LogP contribution >= 0.6 is 0 Å². The predicted octanol–water partition coefficient (Wildman–Crippen LogP) is 0.289. The third-order valence-corrected chi connectivity index (χ3v) is 4.00. The zero-order valence-electron chi connectivity index (χ0n) is 10.8. The van der Waals surface area contributed by atoms with E-state index in [-0.39, 0.29) is 17.9 Å². The zero-order valence-corrected chi connectivity index (χ0v) is 10.8. The SMILES string of the molecule is NC1CCC(CC(=O)NCC2CCC(=O)N2)CC1. The molecule has 1 saturated carbocycles. The fourth-order valence-corrected chi connectivity index (χ4v) is 2.79. The first-order valence-electron chi connectivity index (χ1n) is 6.95. The Hall–Kier alpha value is -1.10. The Morgan fingerprint density at radius 1 is 1.28 bits per heavy atom. The quantitative estimate of drug-likeness (QED) is 0.673. The van der Waals surface area contributed by atoms with Crippen molar-refractivity contribution in [2.45, 2.75) is 57.0 Å². The largest absolute Gasteiger partial charge is 0.354 e. The summed E-state index contributed by atoms with van der Waals surface area (Å²) >= 11 is 0. The second kappa shape index (κ2) is 6.18. The zero-order chi connectivity index (χ0) is 13.0. The molecule has 5 nitrogen and oxygen atoms in total. The molecule has 2 aliphatic rings. The van der Waals surface area contributed by atoms with Gasteiger partial charge in [-0.3, -0.25) is 9.59 Å². The fourth-order valence-electron chi connectivity index (χ4n) is 2.79. The van der Waals surface area contributed by atoms with Gasteiger partial charge in [-0.1, -0.05) is 0 Å². The van der Waals surface area contributed by atoms with Crippen molar-refractivity contribution >= 4 is 11.8 Å². The molecule has 0 aromatic carbocycles. The van der Waals surface area contributed by atoms with E-state index in [1.165, 1.54) is 0 Å². The normalized spacial score (nSPS) is 32.1. The maximum Gasteiger partial charge on any atom is 0.220 e. The molecule has 0 aromatic rings. The minimum atomic E-state index is 0.0931. The Morgan fingerprint density at radius 2 is 2.00 bits per heavy atom. The molecule has 1 heterocycles. The van der Waals surface area contributed by atoms with Gasteiger partial charge < -0.3 is 16.4 Å². The topological polar surface area (TPSA) is 84.2 Å². The molecule has 18 heavy (non-hydrogen) atoms. The summed E-state index contributed by atoms with van der Waals surface area (Å²) in [6.07, 6.45) is 6.22. The molecular weight excluding hydrogens is 230 g/mol. The predicted molar refractivity (Wildman–Crippen MR) is 68.7 cm³/mol. The van der Waals surface area contributed by atoms with Crippen LogP contribution in [0.4, 0.5) is 0 Å². The first kappa shape index (κ1) is 13.3. The highest BCUT2D eigenvalue weighted by Gasteiger charge is 2.23. The van der Waals surface area contributed by atoms with Crippen LogP contribution in [-0.2, 0) is 9.59 Å². The van der Waals surface area contributed by atoms with E-state index >= 15 is 0 Å². The Morgan fingerprint density at radius 3 is 2.61 bits per heavy atom. The summed E-state index contributed by atoms with van der Waals surface area (Å²) in [4.78, 5) is 22.8. The van der Waals surface area contributed by atoms with Gasteiger partial charge in [-0.25, -0.2) is 0 Å². The minimum absolute atomic E-state index is 0.0931. The summed E-state index contributed by atoms with van der Waals surface area (Å²) in [6, 6.07) is 0.458. The number of carbonyl (C=O) groups excluding carboxylic acids is 2. The highest BCUT2D eigenvalue weighted by Crippen LogP contribution is 2.25. The molecule has 1 aliphatic heterocycles. The van der Waals surface area contributed by atoms with Crippen LogP contribution in [0.25, 0.3) is 0 Å². The van der Waals surface area contributed by atoms with Crippen molar-refractivity contribution in [3.8, 4) is 0 Å². The van der Waals surface area contributed by atoms with E-state index in [0.717, 1.165) is 32.1 Å². The summed E-state index contributed by atoms with van der Waals surface area (Å²) in [6.45, 7) is 0.566. The highest BCUT2D eigenvalue weighted by atomic mass is 16.2.